The van der Waals surface area contributed by atoms with Crippen molar-refractivity contribution in [2.24, 2.45) is 7.05 Å². The van der Waals surface area contributed by atoms with Crippen LogP contribution in [0.4, 0.5) is 10.6 Å². The van der Waals surface area contributed by atoms with Crippen molar-refractivity contribution < 1.29 is 14.6 Å². The predicted molar refractivity (Wildman–Crippen MR) is 101 cm³/mol. The first-order valence-corrected chi connectivity index (χ1v) is 8.88. The number of aliphatic hydroxyl groups is 1. The molecule has 8 nitrogen and oxygen atoms in total. The quantitative estimate of drug-likeness (QED) is 0.613. The van der Waals surface area contributed by atoms with Crippen LogP contribution in [-0.2, 0) is 7.05 Å². The van der Waals surface area contributed by atoms with Crippen LogP contribution in [0.25, 0.3) is 10.9 Å². The standard InChI is InChI=1S/C19H21N5O3/c1-24-17-13(11-20-24)10-15-21-18(17)27-9-5-8-14(25)16(23-19(26)22-15)12-6-3-2-4-7-12/h2-4,6-7,10-11,14,16,25H,5,8-9H2,1H3,(H2,21,22,23,26)/t14-,16+/m1/s1. The number of carbonyl (C=O) groups is 1. The summed E-state index contributed by atoms with van der Waals surface area (Å²) in [5.41, 5.74) is 1.61. The van der Waals surface area contributed by atoms with Crippen LogP contribution < -0.4 is 15.4 Å². The fourth-order valence-electron chi connectivity index (χ4n) is 3.31. The van der Waals surface area contributed by atoms with E-state index >= 15 is 0 Å². The molecule has 3 heterocycles. The van der Waals surface area contributed by atoms with Gasteiger partial charge < -0.3 is 15.2 Å². The van der Waals surface area contributed by atoms with Crippen molar-refractivity contribution in [3.8, 4) is 5.88 Å². The lowest BCUT2D eigenvalue weighted by Gasteiger charge is -2.25. The molecular formula is C19H21N5O3. The van der Waals surface area contributed by atoms with Crippen molar-refractivity contribution >= 4 is 22.8 Å². The largest absolute Gasteiger partial charge is 0.476 e. The number of benzene rings is 1. The van der Waals surface area contributed by atoms with E-state index in [1.165, 1.54) is 0 Å². The molecule has 1 aliphatic heterocycles. The maximum Gasteiger partial charge on any atom is 0.320 e. The van der Waals surface area contributed by atoms with Gasteiger partial charge in [-0.05, 0) is 24.5 Å². The molecule has 8 heteroatoms. The number of rotatable bonds is 1. The third-order valence-corrected chi connectivity index (χ3v) is 4.64. The molecule has 3 N–H and O–H groups in total. The van der Waals surface area contributed by atoms with E-state index in [0.29, 0.717) is 31.1 Å². The van der Waals surface area contributed by atoms with Gasteiger partial charge in [0.1, 0.15) is 11.3 Å². The normalized spacial score (nSPS) is 20.7. The van der Waals surface area contributed by atoms with Gasteiger partial charge in [0.15, 0.2) is 0 Å². The van der Waals surface area contributed by atoms with Crippen LogP contribution >= 0.6 is 0 Å². The molecule has 140 valence electrons. The van der Waals surface area contributed by atoms with Crippen molar-refractivity contribution in [2.45, 2.75) is 25.0 Å². The number of aromatic nitrogens is 3. The second-order valence-corrected chi connectivity index (χ2v) is 6.56. The van der Waals surface area contributed by atoms with Crippen molar-refractivity contribution in [3.63, 3.8) is 0 Å². The Kier molecular flexibility index (Phi) is 4.64. The number of hydrogen-bond acceptors (Lipinski definition) is 5. The summed E-state index contributed by atoms with van der Waals surface area (Å²) in [5.74, 6) is 0.780. The smallest absolute Gasteiger partial charge is 0.320 e. The number of carbonyl (C=O) groups excluding carboxylic acids is 1. The summed E-state index contributed by atoms with van der Waals surface area (Å²) in [4.78, 5) is 17.0. The summed E-state index contributed by atoms with van der Waals surface area (Å²) < 4.78 is 7.53. The van der Waals surface area contributed by atoms with Gasteiger partial charge in [0.25, 0.3) is 0 Å². The van der Waals surface area contributed by atoms with Gasteiger partial charge >= 0.3 is 6.03 Å². The summed E-state index contributed by atoms with van der Waals surface area (Å²) in [6.45, 7) is 0.406. The van der Waals surface area contributed by atoms with Gasteiger partial charge in [-0.25, -0.2) is 4.79 Å². The van der Waals surface area contributed by atoms with Crippen LogP contribution in [0.15, 0.2) is 42.6 Å². The highest BCUT2D eigenvalue weighted by atomic mass is 16.5. The Morgan fingerprint density at radius 3 is 2.93 bits per heavy atom. The summed E-state index contributed by atoms with van der Waals surface area (Å²) in [6, 6.07) is 10.2. The van der Waals surface area contributed by atoms with Gasteiger partial charge in [0, 0.05) is 12.4 Å². The van der Waals surface area contributed by atoms with E-state index in [0.717, 1.165) is 16.5 Å². The minimum absolute atomic E-state index is 0.366. The second kappa shape index (κ2) is 7.24. The molecule has 3 aromatic rings. The Balaban J connectivity index is 1.67. The number of aliphatic hydroxyl groups excluding tert-OH is 1. The number of nitrogens with zero attached hydrogens (tertiary/aromatic N) is 3. The molecule has 2 atom stereocenters. The summed E-state index contributed by atoms with van der Waals surface area (Å²) in [6.07, 6.45) is 2.08. The van der Waals surface area contributed by atoms with E-state index in [-0.39, 0.29) is 0 Å². The molecule has 2 amide bonds. The second-order valence-electron chi connectivity index (χ2n) is 6.56. The molecular weight excluding hydrogens is 346 g/mol. The first kappa shape index (κ1) is 17.3. The first-order chi connectivity index (χ1) is 13.1. The van der Waals surface area contributed by atoms with Crippen LogP contribution in [0, 0.1) is 0 Å². The minimum Gasteiger partial charge on any atom is -0.476 e. The van der Waals surface area contributed by atoms with E-state index in [9.17, 15) is 9.90 Å². The average Bonchev–Trinajstić information content (AvgIpc) is 3.04. The number of nitrogens with one attached hydrogen (secondary N) is 2. The third kappa shape index (κ3) is 3.56. The Hall–Kier alpha value is -3.13. The molecule has 0 radical (unpaired) electrons. The lowest BCUT2D eigenvalue weighted by Crippen LogP contribution is -2.39. The number of aryl methyl sites for hydroxylation is 1. The number of ether oxygens (including phenoxy) is 1. The Morgan fingerprint density at radius 1 is 1.30 bits per heavy atom. The van der Waals surface area contributed by atoms with Gasteiger partial charge in [0.2, 0.25) is 5.88 Å². The zero-order valence-corrected chi connectivity index (χ0v) is 14.9. The van der Waals surface area contributed by atoms with Crippen molar-refractivity contribution in [1.82, 2.24) is 20.1 Å². The van der Waals surface area contributed by atoms with Crippen LogP contribution in [-0.4, -0.2) is 38.6 Å². The van der Waals surface area contributed by atoms with E-state index in [1.54, 1.807) is 16.9 Å². The molecule has 1 aliphatic rings. The lowest BCUT2D eigenvalue weighted by molar-refractivity contribution is 0.113. The molecule has 0 spiro atoms. The Bertz CT molecular complexity index is 957. The number of fused-ring (bicyclic) bond motifs is 4. The summed E-state index contributed by atoms with van der Waals surface area (Å²) in [5, 5.41) is 21.3. The van der Waals surface area contributed by atoms with Crippen LogP contribution in [0.5, 0.6) is 5.88 Å². The molecule has 0 unspecified atom stereocenters. The zero-order valence-electron chi connectivity index (χ0n) is 14.9. The molecule has 2 bridgehead atoms. The SMILES string of the molecule is Cn1ncc2cc3nc(c21)OCCC[C@@H](O)[C@H](c1ccccc1)NC(=O)N3. The fourth-order valence-corrected chi connectivity index (χ4v) is 3.31. The van der Waals surface area contributed by atoms with Crippen LogP contribution in [0.2, 0.25) is 0 Å². The number of pyridine rings is 1. The van der Waals surface area contributed by atoms with Crippen LogP contribution in [0.1, 0.15) is 24.4 Å². The topological polar surface area (TPSA) is 101 Å². The monoisotopic (exact) mass is 367 g/mol. The lowest BCUT2D eigenvalue weighted by atomic mass is 9.98. The molecule has 27 heavy (non-hydrogen) atoms. The molecule has 0 saturated carbocycles. The van der Waals surface area contributed by atoms with Gasteiger partial charge in [-0.2, -0.15) is 10.1 Å². The highest BCUT2D eigenvalue weighted by molar-refractivity contribution is 5.92. The molecule has 1 aromatic carbocycles. The van der Waals surface area contributed by atoms with Gasteiger partial charge in [-0.1, -0.05) is 30.3 Å². The van der Waals surface area contributed by atoms with Crippen molar-refractivity contribution in [1.29, 1.82) is 0 Å². The van der Waals surface area contributed by atoms with Gasteiger partial charge in [-0.3, -0.25) is 10.00 Å². The number of amides is 2. The van der Waals surface area contributed by atoms with Gasteiger partial charge in [0.05, 0.1) is 24.9 Å². The zero-order chi connectivity index (χ0) is 18.8. The summed E-state index contributed by atoms with van der Waals surface area (Å²) >= 11 is 0. The fraction of sp³-hybridized carbons (Fsp3) is 0.316. The molecule has 0 fully saturated rings. The highest BCUT2D eigenvalue weighted by Gasteiger charge is 2.24. The minimum atomic E-state index is -0.732. The number of urea groups is 1. The van der Waals surface area contributed by atoms with Crippen molar-refractivity contribution in [2.75, 3.05) is 11.9 Å². The van der Waals surface area contributed by atoms with Crippen LogP contribution in [0.3, 0.4) is 0 Å². The maximum atomic E-state index is 12.5. The van der Waals surface area contributed by atoms with E-state index < -0.39 is 18.2 Å². The first-order valence-electron chi connectivity index (χ1n) is 8.88. The molecule has 4 rings (SSSR count). The van der Waals surface area contributed by atoms with Gasteiger partial charge in [-0.15, -0.1) is 0 Å². The third-order valence-electron chi connectivity index (χ3n) is 4.64. The summed E-state index contributed by atoms with van der Waals surface area (Å²) in [7, 11) is 1.81. The Morgan fingerprint density at radius 2 is 2.11 bits per heavy atom. The number of hydrogen-bond donors (Lipinski definition) is 3. The molecule has 2 aromatic heterocycles. The molecule has 0 saturated heterocycles. The number of anilines is 1. The van der Waals surface area contributed by atoms with Crippen molar-refractivity contribution in [3.05, 3.63) is 48.2 Å². The van der Waals surface area contributed by atoms with E-state index in [2.05, 4.69) is 20.7 Å². The maximum absolute atomic E-state index is 12.5. The predicted octanol–water partition coefficient (Wildman–Crippen LogP) is 2.36. The van der Waals surface area contributed by atoms with E-state index in [1.807, 2.05) is 37.4 Å². The Labute approximate surface area is 156 Å². The highest BCUT2D eigenvalue weighted by Crippen LogP contribution is 2.27. The average molecular weight is 367 g/mol. The molecule has 0 aliphatic carbocycles. The van der Waals surface area contributed by atoms with E-state index in [4.69, 9.17) is 4.74 Å².